The monoisotopic (exact) mass is 243 g/mol. The van der Waals surface area contributed by atoms with Crippen molar-refractivity contribution in [2.45, 2.75) is 77.7 Å². The molecule has 1 N–H and O–H groups in total. The first-order chi connectivity index (χ1) is 8.35. The molecule has 0 aromatic heterocycles. The normalized spacial score (nSPS) is 12.9. The molecule has 0 saturated heterocycles. The quantitative estimate of drug-likeness (QED) is 0.491. The van der Waals surface area contributed by atoms with Crippen LogP contribution in [0.15, 0.2) is 0 Å². The Balaban J connectivity index is 3.25. The van der Waals surface area contributed by atoms with Gasteiger partial charge in [0.1, 0.15) is 0 Å². The Labute approximate surface area is 109 Å². The summed E-state index contributed by atoms with van der Waals surface area (Å²) in [5, 5.41) is 3.35. The van der Waals surface area contributed by atoms with E-state index in [2.05, 4.69) is 19.2 Å². The maximum Gasteiger partial charge on any atom is 0.0619 e. The van der Waals surface area contributed by atoms with Gasteiger partial charge in [-0.1, -0.05) is 58.8 Å². The molecule has 17 heavy (non-hydrogen) atoms. The molecule has 0 bridgehead atoms. The first kappa shape index (κ1) is 16.9. The molecule has 0 saturated carbocycles. The van der Waals surface area contributed by atoms with Crippen LogP contribution in [0, 0.1) is 0 Å². The van der Waals surface area contributed by atoms with E-state index in [0.717, 1.165) is 19.6 Å². The molecule has 104 valence electrons. The predicted molar refractivity (Wildman–Crippen MR) is 76.6 cm³/mol. The SMILES string of the molecule is CCCCCCCCCC(COCCC)NC. The largest absolute Gasteiger partial charge is 0.380 e. The minimum Gasteiger partial charge on any atom is -0.380 e. The average molecular weight is 243 g/mol. The van der Waals surface area contributed by atoms with Gasteiger partial charge in [0.25, 0.3) is 0 Å². The minimum atomic E-state index is 0.553. The third kappa shape index (κ3) is 12.2. The van der Waals surface area contributed by atoms with Crippen molar-refractivity contribution in [1.29, 1.82) is 0 Å². The Morgan fingerprint density at radius 1 is 0.882 bits per heavy atom. The van der Waals surface area contributed by atoms with Crippen LogP contribution >= 0.6 is 0 Å². The molecule has 0 aliphatic carbocycles. The van der Waals surface area contributed by atoms with Crippen molar-refractivity contribution in [2.24, 2.45) is 0 Å². The smallest absolute Gasteiger partial charge is 0.0619 e. The molecule has 0 rings (SSSR count). The van der Waals surface area contributed by atoms with E-state index in [1.165, 1.54) is 51.4 Å². The first-order valence-electron chi connectivity index (χ1n) is 7.60. The van der Waals surface area contributed by atoms with E-state index in [1.54, 1.807) is 0 Å². The van der Waals surface area contributed by atoms with E-state index < -0.39 is 0 Å². The van der Waals surface area contributed by atoms with E-state index >= 15 is 0 Å². The van der Waals surface area contributed by atoms with Crippen LogP contribution in [0.25, 0.3) is 0 Å². The maximum atomic E-state index is 5.58. The molecule has 1 unspecified atom stereocenters. The molecular weight excluding hydrogens is 210 g/mol. The van der Waals surface area contributed by atoms with Gasteiger partial charge in [-0.25, -0.2) is 0 Å². The molecule has 0 aliphatic heterocycles. The minimum absolute atomic E-state index is 0.553. The summed E-state index contributed by atoms with van der Waals surface area (Å²) in [5.74, 6) is 0. The van der Waals surface area contributed by atoms with Gasteiger partial charge in [-0.05, 0) is 19.9 Å². The predicted octanol–water partition coefficient (Wildman–Crippen LogP) is 4.14. The summed E-state index contributed by atoms with van der Waals surface area (Å²) in [4.78, 5) is 0. The lowest BCUT2D eigenvalue weighted by molar-refractivity contribution is 0.110. The van der Waals surface area contributed by atoms with Crippen LogP contribution in [0.2, 0.25) is 0 Å². The lowest BCUT2D eigenvalue weighted by atomic mass is 10.1. The molecule has 0 radical (unpaired) electrons. The molecule has 0 aliphatic rings. The van der Waals surface area contributed by atoms with Gasteiger partial charge in [0.2, 0.25) is 0 Å². The number of nitrogens with one attached hydrogen (secondary N) is 1. The Hall–Kier alpha value is -0.0800. The van der Waals surface area contributed by atoms with Crippen LogP contribution in [0.3, 0.4) is 0 Å². The van der Waals surface area contributed by atoms with Crippen LogP contribution in [0.4, 0.5) is 0 Å². The van der Waals surface area contributed by atoms with Crippen LogP contribution in [-0.4, -0.2) is 26.3 Å². The lowest BCUT2D eigenvalue weighted by Gasteiger charge is -2.15. The summed E-state index contributed by atoms with van der Waals surface area (Å²) < 4.78 is 5.58. The zero-order valence-corrected chi connectivity index (χ0v) is 12.3. The van der Waals surface area contributed by atoms with Gasteiger partial charge in [0, 0.05) is 12.6 Å². The van der Waals surface area contributed by atoms with Gasteiger partial charge in [-0.2, -0.15) is 0 Å². The van der Waals surface area contributed by atoms with Crippen LogP contribution in [-0.2, 0) is 4.74 Å². The van der Waals surface area contributed by atoms with E-state index in [4.69, 9.17) is 4.74 Å². The number of likely N-dealkylation sites (N-methyl/N-ethyl adjacent to an activating group) is 1. The third-order valence-corrected chi connectivity index (χ3v) is 3.23. The van der Waals surface area contributed by atoms with E-state index in [9.17, 15) is 0 Å². The second-order valence-electron chi connectivity index (χ2n) is 4.97. The maximum absolute atomic E-state index is 5.58. The van der Waals surface area contributed by atoms with E-state index in [1.807, 2.05) is 7.05 Å². The highest BCUT2D eigenvalue weighted by molar-refractivity contribution is 4.63. The van der Waals surface area contributed by atoms with Crippen LogP contribution in [0.5, 0.6) is 0 Å². The summed E-state index contributed by atoms with van der Waals surface area (Å²) in [7, 11) is 2.04. The fraction of sp³-hybridized carbons (Fsp3) is 1.00. The van der Waals surface area contributed by atoms with Crippen molar-refractivity contribution in [2.75, 3.05) is 20.3 Å². The second kappa shape index (κ2) is 14.0. The van der Waals surface area contributed by atoms with Gasteiger partial charge in [0.05, 0.1) is 6.61 Å². The topological polar surface area (TPSA) is 21.3 Å². The highest BCUT2D eigenvalue weighted by atomic mass is 16.5. The van der Waals surface area contributed by atoms with Crippen molar-refractivity contribution in [3.05, 3.63) is 0 Å². The number of ether oxygens (including phenoxy) is 1. The van der Waals surface area contributed by atoms with Crippen molar-refractivity contribution >= 4 is 0 Å². The van der Waals surface area contributed by atoms with Gasteiger partial charge >= 0.3 is 0 Å². The standard InChI is InChI=1S/C15H33NO/c1-4-6-7-8-9-10-11-12-15(16-3)14-17-13-5-2/h15-16H,4-14H2,1-3H3. The molecule has 2 heteroatoms. The molecule has 0 spiro atoms. The van der Waals surface area contributed by atoms with Crippen LogP contribution in [0.1, 0.15) is 71.6 Å². The lowest BCUT2D eigenvalue weighted by Crippen LogP contribution is -2.30. The Morgan fingerprint density at radius 3 is 2.12 bits per heavy atom. The average Bonchev–Trinajstić information content (AvgIpc) is 2.35. The number of rotatable bonds is 13. The summed E-state index contributed by atoms with van der Waals surface area (Å²) in [6, 6.07) is 0.553. The molecule has 0 aromatic rings. The number of hydrogen-bond donors (Lipinski definition) is 1. The van der Waals surface area contributed by atoms with Gasteiger partial charge in [-0.3, -0.25) is 0 Å². The Bertz CT molecular complexity index is 139. The van der Waals surface area contributed by atoms with Crippen molar-refractivity contribution in [1.82, 2.24) is 5.32 Å². The summed E-state index contributed by atoms with van der Waals surface area (Å²) >= 11 is 0. The second-order valence-corrected chi connectivity index (χ2v) is 4.97. The van der Waals surface area contributed by atoms with E-state index in [0.29, 0.717) is 6.04 Å². The van der Waals surface area contributed by atoms with Gasteiger partial charge < -0.3 is 10.1 Å². The Kier molecular flexibility index (Phi) is 13.9. The Morgan fingerprint density at radius 2 is 1.53 bits per heavy atom. The summed E-state index contributed by atoms with van der Waals surface area (Å²) in [5.41, 5.74) is 0. The van der Waals surface area contributed by atoms with Crippen molar-refractivity contribution in [3.8, 4) is 0 Å². The van der Waals surface area contributed by atoms with Crippen molar-refractivity contribution < 1.29 is 4.74 Å². The molecular formula is C15H33NO. The first-order valence-corrected chi connectivity index (χ1v) is 7.60. The molecule has 0 fully saturated rings. The molecule has 0 heterocycles. The molecule has 0 aromatic carbocycles. The highest BCUT2D eigenvalue weighted by Crippen LogP contribution is 2.09. The van der Waals surface area contributed by atoms with Gasteiger partial charge in [-0.15, -0.1) is 0 Å². The molecule has 0 amide bonds. The molecule has 1 atom stereocenters. The van der Waals surface area contributed by atoms with E-state index in [-0.39, 0.29) is 0 Å². The summed E-state index contributed by atoms with van der Waals surface area (Å²) in [6.45, 7) is 6.20. The zero-order chi connectivity index (χ0) is 12.8. The van der Waals surface area contributed by atoms with Crippen molar-refractivity contribution in [3.63, 3.8) is 0 Å². The number of hydrogen-bond acceptors (Lipinski definition) is 2. The fourth-order valence-corrected chi connectivity index (χ4v) is 2.03. The third-order valence-electron chi connectivity index (χ3n) is 3.23. The zero-order valence-electron chi connectivity index (χ0n) is 12.3. The molecule has 2 nitrogen and oxygen atoms in total. The number of unbranched alkanes of at least 4 members (excludes halogenated alkanes) is 6. The van der Waals surface area contributed by atoms with Crippen LogP contribution < -0.4 is 5.32 Å². The summed E-state index contributed by atoms with van der Waals surface area (Å²) in [6.07, 6.45) is 12.1. The highest BCUT2D eigenvalue weighted by Gasteiger charge is 2.05. The fourth-order valence-electron chi connectivity index (χ4n) is 2.03. The van der Waals surface area contributed by atoms with Gasteiger partial charge in [0.15, 0.2) is 0 Å².